The Morgan fingerprint density at radius 1 is 1.42 bits per heavy atom. The average molecular weight is 191 g/mol. The first-order chi connectivity index (χ1) is 5.56. The van der Waals surface area contributed by atoms with Crippen molar-refractivity contribution < 1.29 is 4.21 Å². The highest BCUT2D eigenvalue weighted by Gasteiger charge is 2.06. The molecule has 2 N–H and O–H groups in total. The van der Waals surface area contributed by atoms with Gasteiger partial charge in [-0.2, -0.15) is 0 Å². The van der Waals surface area contributed by atoms with E-state index in [2.05, 4.69) is 13.8 Å². The summed E-state index contributed by atoms with van der Waals surface area (Å²) in [5.74, 6) is 2.13. The summed E-state index contributed by atoms with van der Waals surface area (Å²) in [6, 6.07) is 0.123. The van der Waals surface area contributed by atoms with Gasteiger partial charge < -0.3 is 5.73 Å². The second kappa shape index (κ2) is 6.61. The van der Waals surface area contributed by atoms with Crippen LogP contribution in [0.5, 0.6) is 0 Å². The standard InChI is InChI=1S/C9H21NOS/c1-4-9(10)7-12(11)6-5-8(2)3/h8-9H,4-7,10H2,1-3H3. The molecule has 0 fully saturated rings. The van der Waals surface area contributed by atoms with Gasteiger partial charge in [-0.1, -0.05) is 20.8 Å². The van der Waals surface area contributed by atoms with E-state index in [1.807, 2.05) is 6.92 Å². The van der Waals surface area contributed by atoms with E-state index in [-0.39, 0.29) is 6.04 Å². The molecule has 0 amide bonds. The predicted octanol–water partition coefficient (Wildman–Crippen LogP) is 1.52. The molecule has 2 atom stereocenters. The van der Waals surface area contributed by atoms with Gasteiger partial charge in [-0.15, -0.1) is 0 Å². The third kappa shape index (κ3) is 6.80. The summed E-state index contributed by atoms with van der Waals surface area (Å²) in [4.78, 5) is 0. The van der Waals surface area contributed by atoms with Gasteiger partial charge in [0.05, 0.1) is 0 Å². The van der Waals surface area contributed by atoms with Crippen molar-refractivity contribution >= 4 is 10.8 Å². The molecular weight excluding hydrogens is 170 g/mol. The van der Waals surface area contributed by atoms with Crippen LogP contribution in [0.3, 0.4) is 0 Å². The van der Waals surface area contributed by atoms with Crippen LogP contribution in [0.15, 0.2) is 0 Å². The zero-order valence-corrected chi connectivity index (χ0v) is 9.19. The Kier molecular flexibility index (Phi) is 6.67. The number of nitrogens with two attached hydrogens (primary N) is 1. The van der Waals surface area contributed by atoms with Crippen molar-refractivity contribution in [3.63, 3.8) is 0 Å². The monoisotopic (exact) mass is 191 g/mol. The van der Waals surface area contributed by atoms with E-state index in [1.165, 1.54) is 0 Å². The van der Waals surface area contributed by atoms with Crippen LogP contribution in [0, 0.1) is 5.92 Å². The van der Waals surface area contributed by atoms with Crippen molar-refractivity contribution in [3.8, 4) is 0 Å². The van der Waals surface area contributed by atoms with E-state index >= 15 is 0 Å². The van der Waals surface area contributed by atoms with Crippen molar-refractivity contribution in [2.75, 3.05) is 11.5 Å². The molecule has 2 nitrogen and oxygen atoms in total. The number of hydrogen-bond donors (Lipinski definition) is 1. The highest BCUT2D eigenvalue weighted by Crippen LogP contribution is 2.02. The van der Waals surface area contributed by atoms with E-state index in [0.29, 0.717) is 11.7 Å². The van der Waals surface area contributed by atoms with Crippen LogP contribution in [-0.4, -0.2) is 21.8 Å². The van der Waals surface area contributed by atoms with Gasteiger partial charge in [0, 0.05) is 28.3 Å². The molecule has 0 saturated carbocycles. The molecule has 0 aliphatic heterocycles. The maximum atomic E-state index is 11.3. The van der Waals surface area contributed by atoms with Gasteiger partial charge in [0.2, 0.25) is 0 Å². The molecule has 3 heteroatoms. The molecule has 0 aromatic heterocycles. The summed E-state index contributed by atoms with van der Waals surface area (Å²) in [5, 5.41) is 0. The van der Waals surface area contributed by atoms with Gasteiger partial charge in [-0.3, -0.25) is 4.21 Å². The van der Waals surface area contributed by atoms with E-state index in [0.717, 1.165) is 18.6 Å². The van der Waals surface area contributed by atoms with Gasteiger partial charge in [-0.05, 0) is 18.8 Å². The molecule has 0 rings (SSSR count). The molecule has 0 aliphatic carbocycles. The van der Waals surface area contributed by atoms with Crippen molar-refractivity contribution in [2.45, 2.75) is 39.7 Å². The fourth-order valence-electron chi connectivity index (χ4n) is 0.807. The smallest absolute Gasteiger partial charge is 0.0386 e. The maximum Gasteiger partial charge on any atom is 0.0386 e. The van der Waals surface area contributed by atoms with E-state index in [1.54, 1.807) is 0 Å². The zero-order chi connectivity index (χ0) is 9.56. The van der Waals surface area contributed by atoms with Gasteiger partial charge in [0.15, 0.2) is 0 Å². The van der Waals surface area contributed by atoms with Crippen LogP contribution in [0.2, 0.25) is 0 Å². The van der Waals surface area contributed by atoms with Crippen LogP contribution < -0.4 is 5.73 Å². The minimum absolute atomic E-state index is 0.123. The van der Waals surface area contributed by atoms with Crippen molar-refractivity contribution in [1.29, 1.82) is 0 Å². The lowest BCUT2D eigenvalue weighted by Crippen LogP contribution is -2.27. The maximum absolute atomic E-state index is 11.3. The van der Waals surface area contributed by atoms with Crippen LogP contribution >= 0.6 is 0 Å². The molecule has 0 aromatic carbocycles. The Morgan fingerprint density at radius 3 is 2.42 bits per heavy atom. The van der Waals surface area contributed by atoms with Crippen LogP contribution in [0.1, 0.15) is 33.6 Å². The van der Waals surface area contributed by atoms with Gasteiger partial charge in [0.1, 0.15) is 0 Å². The Labute approximate surface area is 78.4 Å². The number of rotatable bonds is 6. The zero-order valence-electron chi connectivity index (χ0n) is 8.38. The predicted molar refractivity (Wildman–Crippen MR) is 55.6 cm³/mol. The second-order valence-electron chi connectivity index (χ2n) is 3.66. The molecule has 0 radical (unpaired) electrons. The fraction of sp³-hybridized carbons (Fsp3) is 1.00. The Balaban J connectivity index is 3.46. The molecule has 0 heterocycles. The normalized spacial score (nSPS) is 16.4. The Morgan fingerprint density at radius 2 is 2.00 bits per heavy atom. The highest BCUT2D eigenvalue weighted by molar-refractivity contribution is 7.85. The SMILES string of the molecule is CCC(N)CS(=O)CCC(C)C. The van der Waals surface area contributed by atoms with Gasteiger partial charge in [0.25, 0.3) is 0 Å². The summed E-state index contributed by atoms with van der Waals surface area (Å²) in [6.07, 6.45) is 1.97. The van der Waals surface area contributed by atoms with Crippen LogP contribution in [0.25, 0.3) is 0 Å². The average Bonchev–Trinajstić information content (AvgIpc) is 2.00. The first kappa shape index (κ1) is 12.1. The molecule has 2 unspecified atom stereocenters. The molecule has 12 heavy (non-hydrogen) atoms. The third-order valence-electron chi connectivity index (χ3n) is 1.85. The summed E-state index contributed by atoms with van der Waals surface area (Å²) >= 11 is 0. The minimum atomic E-state index is -0.696. The lowest BCUT2D eigenvalue weighted by molar-refractivity contribution is 0.615. The van der Waals surface area contributed by atoms with E-state index < -0.39 is 10.8 Å². The fourth-order valence-corrected chi connectivity index (χ4v) is 2.42. The molecule has 0 bridgehead atoms. The molecule has 0 aliphatic rings. The molecule has 0 aromatic rings. The van der Waals surface area contributed by atoms with Crippen molar-refractivity contribution in [3.05, 3.63) is 0 Å². The summed E-state index contributed by atoms with van der Waals surface area (Å²) < 4.78 is 11.3. The van der Waals surface area contributed by atoms with Crippen molar-refractivity contribution in [1.82, 2.24) is 0 Å². The largest absolute Gasteiger partial charge is 0.327 e. The lowest BCUT2D eigenvalue weighted by Gasteiger charge is -2.09. The van der Waals surface area contributed by atoms with Gasteiger partial charge in [-0.25, -0.2) is 0 Å². The summed E-state index contributed by atoms with van der Waals surface area (Å²) in [7, 11) is -0.696. The minimum Gasteiger partial charge on any atom is -0.327 e. The number of hydrogen-bond acceptors (Lipinski definition) is 2. The van der Waals surface area contributed by atoms with Crippen LogP contribution in [-0.2, 0) is 10.8 Å². The first-order valence-corrected chi connectivity index (χ1v) is 6.15. The van der Waals surface area contributed by atoms with Crippen LogP contribution in [0.4, 0.5) is 0 Å². The molecule has 0 saturated heterocycles. The Hall–Kier alpha value is 0.110. The summed E-state index contributed by atoms with van der Waals surface area (Å²) in [6.45, 7) is 6.33. The molecule has 74 valence electrons. The second-order valence-corrected chi connectivity index (χ2v) is 5.28. The van der Waals surface area contributed by atoms with E-state index in [4.69, 9.17) is 5.73 Å². The summed E-state index contributed by atoms with van der Waals surface area (Å²) in [5.41, 5.74) is 5.69. The van der Waals surface area contributed by atoms with Gasteiger partial charge >= 0.3 is 0 Å². The lowest BCUT2D eigenvalue weighted by atomic mass is 10.2. The van der Waals surface area contributed by atoms with E-state index in [9.17, 15) is 4.21 Å². The highest BCUT2D eigenvalue weighted by atomic mass is 32.2. The molecular formula is C9H21NOS. The first-order valence-electron chi connectivity index (χ1n) is 4.66. The third-order valence-corrected chi connectivity index (χ3v) is 3.34. The van der Waals surface area contributed by atoms with Crippen molar-refractivity contribution in [2.24, 2.45) is 11.7 Å². The molecule has 0 spiro atoms. The topological polar surface area (TPSA) is 43.1 Å². The quantitative estimate of drug-likeness (QED) is 0.691. The Bertz CT molecular complexity index is 136.